The summed E-state index contributed by atoms with van der Waals surface area (Å²) in [6, 6.07) is 0. The van der Waals surface area contributed by atoms with Crippen molar-refractivity contribution in [1.29, 1.82) is 0 Å². The van der Waals surface area contributed by atoms with Gasteiger partial charge in [0.2, 0.25) is 5.91 Å². The van der Waals surface area contributed by atoms with Gasteiger partial charge in [-0.2, -0.15) is 0 Å². The zero-order valence-electron chi connectivity index (χ0n) is 11.7. The molecule has 0 radical (unpaired) electrons. The minimum atomic E-state index is -0.791. The Hall–Kier alpha value is -1.43. The van der Waals surface area contributed by atoms with Gasteiger partial charge in [-0.15, -0.1) is 11.3 Å². The van der Waals surface area contributed by atoms with E-state index in [0.29, 0.717) is 25.9 Å². The molecule has 5 nitrogen and oxygen atoms in total. The predicted octanol–water partition coefficient (Wildman–Crippen LogP) is 2.10. The number of hydrogen-bond acceptors (Lipinski definition) is 4. The van der Waals surface area contributed by atoms with Crippen LogP contribution < -0.4 is 0 Å². The number of carboxylic acid groups (broad SMARTS) is 1. The highest BCUT2D eigenvalue weighted by Gasteiger charge is 2.27. The molecule has 0 spiro atoms. The van der Waals surface area contributed by atoms with E-state index in [1.807, 2.05) is 12.3 Å². The van der Waals surface area contributed by atoms with Crippen molar-refractivity contribution in [3.8, 4) is 0 Å². The summed E-state index contributed by atoms with van der Waals surface area (Å²) in [6.45, 7) is 3.03. The van der Waals surface area contributed by atoms with Gasteiger partial charge in [-0.05, 0) is 32.6 Å². The monoisotopic (exact) mass is 296 g/mol. The Morgan fingerprint density at radius 3 is 3.00 bits per heavy atom. The lowest BCUT2D eigenvalue weighted by molar-refractivity contribution is -0.145. The van der Waals surface area contributed by atoms with Gasteiger partial charge in [-0.25, -0.2) is 4.98 Å². The number of aryl methyl sites for hydroxylation is 2. The molecule has 1 N–H and O–H groups in total. The van der Waals surface area contributed by atoms with E-state index in [2.05, 4.69) is 4.98 Å². The molecule has 0 bridgehead atoms. The van der Waals surface area contributed by atoms with Crippen LogP contribution >= 0.6 is 11.3 Å². The lowest BCUT2D eigenvalue weighted by Gasteiger charge is -2.30. The first-order valence-corrected chi connectivity index (χ1v) is 7.86. The Morgan fingerprint density at radius 1 is 1.55 bits per heavy atom. The molecule has 1 aromatic heterocycles. The van der Waals surface area contributed by atoms with Crippen LogP contribution in [0.4, 0.5) is 0 Å². The number of hydrogen-bond donors (Lipinski definition) is 1. The number of amides is 1. The number of thiazole rings is 1. The number of aromatic nitrogens is 1. The van der Waals surface area contributed by atoms with E-state index >= 15 is 0 Å². The first kappa shape index (κ1) is 15.0. The lowest BCUT2D eigenvalue weighted by Crippen LogP contribution is -2.42. The molecular weight excluding hydrogens is 276 g/mol. The number of carbonyl (C=O) groups is 2. The van der Waals surface area contributed by atoms with Gasteiger partial charge in [0.05, 0.1) is 16.6 Å². The van der Waals surface area contributed by atoms with Crippen molar-refractivity contribution in [3.63, 3.8) is 0 Å². The van der Waals surface area contributed by atoms with Crippen LogP contribution in [-0.4, -0.2) is 40.0 Å². The molecule has 1 aliphatic rings. The van der Waals surface area contributed by atoms with Crippen molar-refractivity contribution in [2.45, 2.75) is 39.0 Å². The summed E-state index contributed by atoms with van der Waals surface area (Å²) in [5.41, 5.74) is 1.04. The van der Waals surface area contributed by atoms with Crippen LogP contribution in [0.2, 0.25) is 0 Å². The molecule has 6 heteroatoms. The average Bonchev–Trinajstić information content (AvgIpc) is 2.84. The van der Waals surface area contributed by atoms with Gasteiger partial charge in [0.1, 0.15) is 0 Å². The fraction of sp³-hybridized carbons (Fsp3) is 0.643. The Morgan fingerprint density at radius 2 is 2.35 bits per heavy atom. The summed E-state index contributed by atoms with van der Waals surface area (Å²) in [5.74, 6) is -1.11. The zero-order chi connectivity index (χ0) is 14.5. The van der Waals surface area contributed by atoms with Crippen LogP contribution in [0.3, 0.4) is 0 Å². The van der Waals surface area contributed by atoms with Crippen molar-refractivity contribution in [3.05, 3.63) is 16.1 Å². The average molecular weight is 296 g/mol. The summed E-state index contributed by atoms with van der Waals surface area (Å²) in [7, 11) is 0. The third kappa shape index (κ3) is 4.03. The molecule has 0 unspecified atom stereocenters. The lowest BCUT2D eigenvalue weighted by atomic mass is 9.98. The first-order chi connectivity index (χ1) is 9.56. The maximum Gasteiger partial charge on any atom is 0.308 e. The topological polar surface area (TPSA) is 70.5 Å². The largest absolute Gasteiger partial charge is 0.481 e. The third-order valence-corrected chi connectivity index (χ3v) is 4.44. The predicted molar refractivity (Wildman–Crippen MR) is 76.7 cm³/mol. The van der Waals surface area contributed by atoms with Crippen LogP contribution in [0, 0.1) is 12.8 Å². The molecular formula is C14H20N2O3S. The van der Waals surface area contributed by atoms with E-state index in [1.54, 1.807) is 16.2 Å². The second kappa shape index (κ2) is 6.83. The molecule has 1 aliphatic heterocycles. The van der Waals surface area contributed by atoms with E-state index in [1.165, 1.54) is 0 Å². The minimum absolute atomic E-state index is 0.0721. The van der Waals surface area contributed by atoms with E-state index in [0.717, 1.165) is 30.0 Å². The standard InChI is InChI=1S/C14H20N2O3S/c1-10-15-12(9-20-10)5-2-6-13(17)16-7-3-4-11(8-16)14(18)19/h9,11H,2-8H2,1H3,(H,18,19)/t11-/m0/s1. The van der Waals surface area contributed by atoms with Gasteiger partial charge in [0.15, 0.2) is 0 Å². The molecule has 0 saturated carbocycles. The summed E-state index contributed by atoms with van der Waals surface area (Å²) in [4.78, 5) is 29.1. The number of aliphatic carboxylic acids is 1. The zero-order valence-corrected chi connectivity index (χ0v) is 12.5. The highest BCUT2D eigenvalue weighted by molar-refractivity contribution is 7.09. The maximum atomic E-state index is 12.1. The van der Waals surface area contributed by atoms with Crippen LogP contribution in [0.5, 0.6) is 0 Å². The normalized spacial score (nSPS) is 19.1. The first-order valence-electron chi connectivity index (χ1n) is 6.98. The summed E-state index contributed by atoms with van der Waals surface area (Å²) in [5, 5.41) is 12.1. The van der Waals surface area contributed by atoms with Crippen LogP contribution in [-0.2, 0) is 16.0 Å². The quantitative estimate of drug-likeness (QED) is 0.903. The number of carbonyl (C=O) groups excluding carboxylic acids is 1. The Kier molecular flexibility index (Phi) is 5.11. The number of likely N-dealkylation sites (tertiary alicyclic amines) is 1. The molecule has 1 amide bonds. The molecule has 1 atom stereocenters. The molecule has 20 heavy (non-hydrogen) atoms. The summed E-state index contributed by atoms with van der Waals surface area (Å²) >= 11 is 1.62. The summed E-state index contributed by atoms with van der Waals surface area (Å²) < 4.78 is 0. The number of piperidine rings is 1. The van der Waals surface area contributed by atoms with Gasteiger partial charge < -0.3 is 10.0 Å². The molecule has 0 aliphatic carbocycles. The fourth-order valence-corrected chi connectivity index (χ4v) is 3.15. The number of carboxylic acids is 1. The number of nitrogens with zero attached hydrogens (tertiary/aromatic N) is 2. The van der Waals surface area contributed by atoms with Gasteiger partial charge in [-0.1, -0.05) is 0 Å². The van der Waals surface area contributed by atoms with Gasteiger partial charge >= 0.3 is 5.97 Å². The van der Waals surface area contributed by atoms with Gasteiger partial charge in [0, 0.05) is 24.9 Å². The van der Waals surface area contributed by atoms with Crippen molar-refractivity contribution >= 4 is 23.2 Å². The van der Waals surface area contributed by atoms with Crippen molar-refractivity contribution in [1.82, 2.24) is 9.88 Å². The van der Waals surface area contributed by atoms with Gasteiger partial charge in [0.25, 0.3) is 0 Å². The minimum Gasteiger partial charge on any atom is -0.481 e. The number of rotatable bonds is 5. The highest BCUT2D eigenvalue weighted by atomic mass is 32.1. The van der Waals surface area contributed by atoms with Gasteiger partial charge in [-0.3, -0.25) is 9.59 Å². The van der Waals surface area contributed by atoms with E-state index in [-0.39, 0.29) is 5.91 Å². The molecule has 1 saturated heterocycles. The molecule has 110 valence electrons. The fourth-order valence-electron chi connectivity index (χ4n) is 2.51. The molecule has 0 aromatic carbocycles. The maximum absolute atomic E-state index is 12.1. The van der Waals surface area contributed by atoms with Crippen molar-refractivity contribution in [2.75, 3.05) is 13.1 Å². The molecule has 1 aromatic rings. The second-order valence-electron chi connectivity index (χ2n) is 5.23. The molecule has 2 rings (SSSR count). The van der Waals surface area contributed by atoms with E-state index in [4.69, 9.17) is 5.11 Å². The highest BCUT2D eigenvalue weighted by Crippen LogP contribution is 2.18. The van der Waals surface area contributed by atoms with E-state index in [9.17, 15) is 9.59 Å². The van der Waals surface area contributed by atoms with Crippen molar-refractivity contribution in [2.24, 2.45) is 5.92 Å². The Labute approximate surface area is 122 Å². The van der Waals surface area contributed by atoms with Crippen molar-refractivity contribution < 1.29 is 14.7 Å². The Bertz CT molecular complexity index is 487. The van der Waals surface area contributed by atoms with Crippen LogP contribution in [0.1, 0.15) is 36.4 Å². The van der Waals surface area contributed by atoms with Crippen LogP contribution in [0.15, 0.2) is 5.38 Å². The van der Waals surface area contributed by atoms with E-state index < -0.39 is 11.9 Å². The SMILES string of the molecule is Cc1nc(CCCC(=O)N2CCC[C@H](C(=O)O)C2)cs1. The smallest absolute Gasteiger partial charge is 0.308 e. The molecule has 1 fully saturated rings. The molecule has 2 heterocycles. The second-order valence-corrected chi connectivity index (χ2v) is 6.29. The third-order valence-electron chi connectivity index (χ3n) is 3.61. The Balaban J connectivity index is 1.75. The van der Waals surface area contributed by atoms with Crippen LogP contribution in [0.25, 0.3) is 0 Å². The summed E-state index contributed by atoms with van der Waals surface area (Å²) in [6.07, 6.45) is 3.52.